The van der Waals surface area contributed by atoms with E-state index in [0.717, 1.165) is 36.1 Å². The molecule has 0 fully saturated rings. The van der Waals surface area contributed by atoms with Gasteiger partial charge in [-0.3, -0.25) is 14.9 Å². The van der Waals surface area contributed by atoms with Gasteiger partial charge in [0.2, 0.25) is 0 Å². The van der Waals surface area contributed by atoms with Crippen LogP contribution < -0.4 is 14.8 Å². The van der Waals surface area contributed by atoms with Crippen molar-refractivity contribution in [3.05, 3.63) is 43.8 Å². The summed E-state index contributed by atoms with van der Waals surface area (Å²) in [5.74, 6) is -0.244. The Labute approximate surface area is 165 Å². The van der Waals surface area contributed by atoms with Crippen LogP contribution in [0.2, 0.25) is 0 Å². The molecule has 0 bridgehead atoms. The van der Waals surface area contributed by atoms with Crippen molar-refractivity contribution in [1.82, 2.24) is 0 Å². The lowest BCUT2D eigenvalue weighted by Crippen LogP contribution is -2.14. The molecule has 0 radical (unpaired) electrons. The number of ether oxygens (including phenoxy) is 2. The number of nitrogens with zero attached hydrogens (tertiary/aromatic N) is 2. The van der Waals surface area contributed by atoms with Crippen molar-refractivity contribution in [2.24, 2.45) is 0 Å². The smallest absolute Gasteiger partial charge is 0.286 e. The lowest BCUT2D eigenvalue weighted by atomic mass is 9.96. The number of fused-ring (bicyclic) bond motifs is 1. The van der Waals surface area contributed by atoms with E-state index in [1.807, 2.05) is 0 Å². The van der Waals surface area contributed by atoms with Gasteiger partial charge in [0.15, 0.2) is 11.5 Å². The number of nitro groups is 1. The zero-order chi connectivity index (χ0) is 20.3. The Kier molecular flexibility index (Phi) is 5.80. The first kappa shape index (κ1) is 19.6. The van der Waals surface area contributed by atoms with E-state index in [1.165, 1.54) is 30.6 Å². The molecule has 1 aromatic carbocycles. The fraction of sp³-hybridized carbons (Fsp3) is 0.368. The van der Waals surface area contributed by atoms with Crippen LogP contribution in [0.4, 0.5) is 10.7 Å². The lowest BCUT2D eigenvalue weighted by Gasteiger charge is -2.12. The van der Waals surface area contributed by atoms with Gasteiger partial charge in [-0.15, -0.1) is 11.3 Å². The zero-order valence-corrected chi connectivity index (χ0v) is 16.4. The molecular weight excluding hydrogens is 382 g/mol. The van der Waals surface area contributed by atoms with Gasteiger partial charge >= 0.3 is 0 Å². The molecule has 1 amide bonds. The third kappa shape index (κ3) is 3.64. The Balaban J connectivity index is 2.01. The van der Waals surface area contributed by atoms with Crippen LogP contribution in [0.1, 0.15) is 46.1 Å². The number of rotatable bonds is 6. The molecule has 0 unspecified atom stereocenters. The number of amides is 1. The van der Waals surface area contributed by atoms with Crippen molar-refractivity contribution < 1.29 is 19.2 Å². The molecule has 0 saturated carbocycles. The number of benzene rings is 1. The predicted molar refractivity (Wildman–Crippen MR) is 104 cm³/mol. The van der Waals surface area contributed by atoms with Crippen molar-refractivity contribution in [2.75, 3.05) is 19.0 Å². The van der Waals surface area contributed by atoms with Crippen LogP contribution in [0.25, 0.3) is 0 Å². The molecule has 2 aromatic rings. The minimum atomic E-state index is -0.662. The topological polar surface area (TPSA) is 114 Å². The van der Waals surface area contributed by atoms with E-state index in [-0.39, 0.29) is 17.1 Å². The molecule has 0 aliphatic heterocycles. The second-order valence-electron chi connectivity index (χ2n) is 6.19. The summed E-state index contributed by atoms with van der Waals surface area (Å²) in [6, 6.07) is 4.64. The van der Waals surface area contributed by atoms with Crippen LogP contribution in [0.3, 0.4) is 0 Å². The summed E-state index contributed by atoms with van der Waals surface area (Å²) >= 11 is 1.37. The van der Waals surface area contributed by atoms with E-state index < -0.39 is 16.5 Å². The number of carbonyl (C=O) groups excluding carboxylic acids is 1. The molecule has 1 aliphatic carbocycles. The number of hydrogen-bond donors (Lipinski definition) is 1. The second-order valence-corrected chi connectivity index (χ2v) is 7.30. The molecule has 1 heterocycles. The van der Waals surface area contributed by atoms with E-state index in [9.17, 15) is 20.2 Å². The first-order valence-electron chi connectivity index (χ1n) is 8.85. The Bertz CT molecular complexity index is 977. The fourth-order valence-corrected chi connectivity index (χ4v) is 4.49. The Hall–Kier alpha value is -3.12. The number of methoxy groups -OCH3 is 1. The first-order chi connectivity index (χ1) is 13.5. The Morgan fingerprint density at radius 3 is 2.75 bits per heavy atom. The Morgan fingerprint density at radius 2 is 2.11 bits per heavy atom. The minimum absolute atomic E-state index is 0.149. The average Bonchev–Trinajstić information content (AvgIpc) is 3.04. The molecular formula is C19H19N3O5S. The maximum absolute atomic E-state index is 12.9. The highest BCUT2D eigenvalue weighted by atomic mass is 32.1. The van der Waals surface area contributed by atoms with Gasteiger partial charge < -0.3 is 14.8 Å². The van der Waals surface area contributed by atoms with E-state index in [2.05, 4.69) is 11.4 Å². The third-order valence-electron chi connectivity index (χ3n) is 4.53. The molecule has 9 heteroatoms. The molecule has 1 aliphatic rings. The number of nitrogens with one attached hydrogen (secondary N) is 1. The highest BCUT2D eigenvalue weighted by Gasteiger charge is 2.27. The van der Waals surface area contributed by atoms with E-state index in [1.54, 1.807) is 6.92 Å². The standard InChI is InChI=1S/C19H19N3O5S/c1-3-27-16-8-12(14(22(24)25)9-15(16)26-2)18(23)21-19-13(10-20)11-6-4-5-7-17(11)28-19/h8-9H,3-7H2,1-2H3,(H,21,23). The van der Waals surface area contributed by atoms with E-state index in [0.29, 0.717) is 17.2 Å². The van der Waals surface area contributed by atoms with Gasteiger partial charge in [-0.05, 0) is 38.2 Å². The normalized spacial score (nSPS) is 12.6. The monoisotopic (exact) mass is 401 g/mol. The summed E-state index contributed by atoms with van der Waals surface area (Å²) in [7, 11) is 1.37. The van der Waals surface area contributed by atoms with Gasteiger partial charge in [-0.25, -0.2) is 0 Å². The number of hydrogen-bond acceptors (Lipinski definition) is 7. The lowest BCUT2D eigenvalue weighted by molar-refractivity contribution is -0.385. The molecule has 3 rings (SSSR count). The molecule has 146 valence electrons. The molecule has 28 heavy (non-hydrogen) atoms. The molecule has 1 N–H and O–H groups in total. The van der Waals surface area contributed by atoms with Gasteiger partial charge in [0, 0.05) is 10.9 Å². The van der Waals surface area contributed by atoms with E-state index >= 15 is 0 Å². The minimum Gasteiger partial charge on any atom is -0.493 e. The molecule has 0 spiro atoms. The second kappa shape index (κ2) is 8.27. The van der Waals surface area contributed by atoms with Crippen molar-refractivity contribution in [3.8, 4) is 17.6 Å². The van der Waals surface area contributed by atoms with Gasteiger partial charge in [0.05, 0.1) is 30.3 Å². The van der Waals surface area contributed by atoms with Crippen molar-refractivity contribution in [1.29, 1.82) is 5.26 Å². The fourth-order valence-electron chi connectivity index (χ4n) is 3.25. The molecule has 0 saturated heterocycles. The van der Waals surface area contributed by atoms with Crippen molar-refractivity contribution >= 4 is 27.9 Å². The number of nitriles is 1. The summed E-state index contributed by atoms with van der Waals surface area (Å²) in [6.45, 7) is 2.07. The van der Waals surface area contributed by atoms with Crippen molar-refractivity contribution in [3.63, 3.8) is 0 Å². The van der Waals surface area contributed by atoms with Crippen LogP contribution >= 0.6 is 11.3 Å². The summed E-state index contributed by atoms with van der Waals surface area (Å²) in [6.07, 6.45) is 3.74. The highest BCUT2D eigenvalue weighted by Crippen LogP contribution is 2.39. The quantitative estimate of drug-likeness (QED) is 0.576. The maximum Gasteiger partial charge on any atom is 0.286 e. The molecule has 8 nitrogen and oxygen atoms in total. The van der Waals surface area contributed by atoms with Gasteiger partial charge in [-0.2, -0.15) is 5.26 Å². The molecule has 0 atom stereocenters. The van der Waals surface area contributed by atoms with Gasteiger partial charge in [0.1, 0.15) is 16.6 Å². The van der Waals surface area contributed by atoms with Crippen LogP contribution in [0.5, 0.6) is 11.5 Å². The van der Waals surface area contributed by atoms with Crippen LogP contribution in [-0.2, 0) is 12.8 Å². The SMILES string of the molecule is CCOc1cc(C(=O)Nc2sc3c(c2C#N)CCCC3)c([N+](=O)[O-])cc1OC. The van der Waals surface area contributed by atoms with Gasteiger partial charge in [0.25, 0.3) is 11.6 Å². The average molecular weight is 401 g/mol. The van der Waals surface area contributed by atoms with Crippen LogP contribution in [-0.4, -0.2) is 24.5 Å². The first-order valence-corrected chi connectivity index (χ1v) is 9.67. The molecule has 1 aromatic heterocycles. The van der Waals surface area contributed by atoms with E-state index in [4.69, 9.17) is 9.47 Å². The number of aryl methyl sites for hydroxylation is 1. The van der Waals surface area contributed by atoms with Crippen LogP contribution in [0.15, 0.2) is 12.1 Å². The number of thiophene rings is 1. The summed E-state index contributed by atoms with van der Waals surface area (Å²) in [4.78, 5) is 24.8. The Morgan fingerprint density at radius 1 is 1.36 bits per heavy atom. The predicted octanol–water partition coefficient (Wildman–Crippen LogP) is 4.07. The summed E-state index contributed by atoms with van der Waals surface area (Å²) in [5, 5.41) is 24.1. The van der Waals surface area contributed by atoms with Crippen molar-refractivity contribution in [2.45, 2.75) is 32.6 Å². The summed E-state index contributed by atoms with van der Waals surface area (Å²) < 4.78 is 10.6. The zero-order valence-electron chi connectivity index (χ0n) is 15.5. The highest BCUT2D eigenvalue weighted by molar-refractivity contribution is 7.16. The largest absolute Gasteiger partial charge is 0.493 e. The maximum atomic E-state index is 12.9. The van der Waals surface area contributed by atoms with Crippen LogP contribution in [0, 0.1) is 21.4 Å². The number of nitro benzene ring substituents is 1. The van der Waals surface area contributed by atoms with Gasteiger partial charge in [-0.1, -0.05) is 0 Å². The number of anilines is 1. The third-order valence-corrected chi connectivity index (χ3v) is 5.74. The number of carbonyl (C=O) groups is 1. The summed E-state index contributed by atoms with van der Waals surface area (Å²) in [5.41, 5.74) is 0.893.